The normalized spacial score (nSPS) is 20.6. The van der Waals surface area contributed by atoms with Crippen LogP contribution in [-0.4, -0.2) is 82.8 Å². The minimum absolute atomic E-state index is 0.171. The van der Waals surface area contributed by atoms with Gasteiger partial charge in [0.1, 0.15) is 5.60 Å². The van der Waals surface area contributed by atoms with E-state index in [2.05, 4.69) is 9.80 Å². The number of nitrogens with zero attached hydrogens (tertiary/aromatic N) is 3. The van der Waals surface area contributed by atoms with Crippen LogP contribution in [0, 0.1) is 5.41 Å². The summed E-state index contributed by atoms with van der Waals surface area (Å²) >= 11 is 5.64. The van der Waals surface area contributed by atoms with E-state index in [0.717, 1.165) is 11.7 Å². The number of ether oxygens (including phenoxy) is 2. The second kappa shape index (κ2) is 8.20. The SMILES string of the molecule is CCOC(=O)C(C)(C)CCN1CC2CN(C(=O)OC(C)(C)C)CCN2C1=S. The molecule has 2 saturated heterocycles. The summed E-state index contributed by atoms with van der Waals surface area (Å²) < 4.78 is 10.7. The molecule has 2 fully saturated rings. The van der Waals surface area contributed by atoms with Crippen molar-refractivity contribution in [2.75, 3.05) is 39.3 Å². The van der Waals surface area contributed by atoms with Gasteiger partial charge in [0.25, 0.3) is 0 Å². The Morgan fingerprint density at radius 2 is 1.81 bits per heavy atom. The molecule has 2 aliphatic rings. The molecular formula is C19H33N3O4S. The van der Waals surface area contributed by atoms with Gasteiger partial charge in [-0.05, 0) is 60.2 Å². The molecule has 0 aromatic carbocycles. The minimum atomic E-state index is -0.544. The second-order valence-electron chi connectivity index (χ2n) is 8.86. The zero-order valence-corrected chi connectivity index (χ0v) is 18.2. The fourth-order valence-electron chi connectivity index (χ4n) is 3.30. The van der Waals surface area contributed by atoms with Crippen molar-refractivity contribution in [3.63, 3.8) is 0 Å². The van der Waals surface area contributed by atoms with Gasteiger partial charge in [-0.25, -0.2) is 4.79 Å². The molecule has 0 radical (unpaired) electrons. The smallest absolute Gasteiger partial charge is 0.410 e. The standard InChI is InChI=1S/C19H33N3O4S/c1-7-25-15(23)19(5,6)8-9-20-12-14-13-21(10-11-22(14)16(20)27)17(24)26-18(2,3)4/h14H,7-13H2,1-6H3. The third-order valence-electron chi connectivity index (χ3n) is 4.92. The van der Waals surface area contributed by atoms with Gasteiger partial charge in [-0.3, -0.25) is 4.79 Å². The van der Waals surface area contributed by atoms with E-state index in [1.165, 1.54) is 0 Å². The molecule has 0 N–H and O–H groups in total. The summed E-state index contributed by atoms with van der Waals surface area (Å²) in [6, 6.07) is 0.171. The number of fused-ring (bicyclic) bond motifs is 1. The van der Waals surface area contributed by atoms with Crippen LogP contribution in [0.2, 0.25) is 0 Å². The molecule has 154 valence electrons. The fraction of sp³-hybridized carbons (Fsp3) is 0.842. The number of hydrogen-bond acceptors (Lipinski definition) is 5. The van der Waals surface area contributed by atoms with Crippen molar-refractivity contribution in [2.45, 2.75) is 59.6 Å². The first kappa shape index (κ1) is 21.7. The molecule has 0 aromatic heterocycles. The summed E-state index contributed by atoms with van der Waals surface area (Å²) in [5, 5.41) is 0.809. The Balaban J connectivity index is 1.91. The molecule has 0 aromatic rings. The number of amides is 1. The topological polar surface area (TPSA) is 62.3 Å². The van der Waals surface area contributed by atoms with Gasteiger partial charge in [0, 0.05) is 32.7 Å². The Labute approximate surface area is 167 Å². The first-order chi connectivity index (χ1) is 12.4. The molecule has 7 nitrogen and oxygen atoms in total. The molecule has 8 heteroatoms. The number of piperazine rings is 1. The van der Waals surface area contributed by atoms with Gasteiger partial charge in [-0.15, -0.1) is 0 Å². The summed E-state index contributed by atoms with van der Waals surface area (Å²) in [6.45, 7) is 15.0. The molecule has 0 bridgehead atoms. The van der Waals surface area contributed by atoms with Gasteiger partial charge in [-0.1, -0.05) is 0 Å². The van der Waals surface area contributed by atoms with Crippen LogP contribution in [-0.2, 0) is 14.3 Å². The lowest BCUT2D eigenvalue weighted by atomic mass is 9.89. The van der Waals surface area contributed by atoms with Crippen molar-refractivity contribution < 1.29 is 19.1 Å². The van der Waals surface area contributed by atoms with Gasteiger partial charge in [0.2, 0.25) is 0 Å². The lowest BCUT2D eigenvalue weighted by Gasteiger charge is -2.37. The highest BCUT2D eigenvalue weighted by Crippen LogP contribution is 2.27. The van der Waals surface area contributed by atoms with Crippen molar-refractivity contribution in [1.29, 1.82) is 0 Å². The number of carbonyl (C=O) groups is 2. The van der Waals surface area contributed by atoms with Crippen molar-refractivity contribution in [2.24, 2.45) is 5.41 Å². The Morgan fingerprint density at radius 1 is 1.15 bits per heavy atom. The Bertz CT molecular complexity index is 588. The lowest BCUT2D eigenvalue weighted by molar-refractivity contribution is -0.153. The van der Waals surface area contributed by atoms with E-state index < -0.39 is 11.0 Å². The summed E-state index contributed by atoms with van der Waals surface area (Å²) in [5.74, 6) is -0.177. The van der Waals surface area contributed by atoms with Crippen LogP contribution in [0.3, 0.4) is 0 Å². The summed E-state index contributed by atoms with van der Waals surface area (Å²) in [7, 11) is 0. The van der Waals surface area contributed by atoms with Crippen LogP contribution in [0.5, 0.6) is 0 Å². The molecule has 0 saturated carbocycles. The van der Waals surface area contributed by atoms with Gasteiger partial charge in [-0.2, -0.15) is 0 Å². The molecule has 2 rings (SSSR count). The molecule has 2 aliphatic heterocycles. The van der Waals surface area contributed by atoms with Crippen LogP contribution < -0.4 is 0 Å². The zero-order chi connectivity index (χ0) is 20.4. The highest BCUT2D eigenvalue weighted by Gasteiger charge is 2.41. The third kappa shape index (κ3) is 5.46. The largest absolute Gasteiger partial charge is 0.466 e. The molecule has 0 aliphatic carbocycles. The molecule has 27 heavy (non-hydrogen) atoms. The minimum Gasteiger partial charge on any atom is -0.466 e. The number of esters is 1. The quantitative estimate of drug-likeness (QED) is 0.520. The maximum atomic E-state index is 12.3. The van der Waals surface area contributed by atoms with Crippen molar-refractivity contribution in [1.82, 2.24) is 14.7 Å². The fourth-order valence-corrected chi connectivity index (χ4v) is 3.71. The lowest BCUT2D eigenvalue weighted by Crippen LogP contribution is -2.54. The van der Waals surface area contributed by atoms with Crippen LogP contribution >= 0.6 is 12.2 Å². The molecular weight excluding hydrogens is 366 g/mol. The number of rotatable bonds is 5. The van der Waals surface area contributed by atoms with Gasteiger partial charge >= 0.3 is 12.1 Å². The highest BCUT2D eigenvalue weighted by molar-refractivity contribution is 7.80. The third-order valence-corrected chi connectivity index (χ3v) is 5.41. The van der Waals surface area contributed by atoms with Crippen LogP contribution in [0.25, 0.3) is 0 Å². The maximum Gasteiger partial charge on any atom is 0.410 e. The highest BCUT2D eigenvalue weighted by atomic mass is 32.1. The average Bonchev–Trinajstić information content (AvgIpc) is 2.87. The monoisotopic (exact) mass is 399 g/mol. The molecule has 0 spiro atoms. The Kier molecular flexibility index (Phi) is 6.60. The van der Waals surface area contributed by atoms with Crippen LogP contribution in [0.4, 0.5) is 4.79 Å². The van der Waals surface area contributed by atoms with Crippen molar-refractivity contribution in [3.8, 4) is 0 Å². The summed E-state index contributed by atoms with van der Waals surface area (Å²) in [5.41, 5.74) is -1.04. The van der Waals surface area contributed by atoms with Gasteiger partial charge in [0.15, 0.2) is 5.11 Å². The Hall–Kier alpha value is -1.57. The summed E-state index contributed by atoms with van der Waals surface area (Å²) in [6.07, 6.45) is 0.400. The van der Waals surface area contributed by atoms with E-state index in [4.69, 9.17) is 21.7 Å². The number of thiocarbonyl (C=S) groups is 1. The van der Waals surface area contributed by atoms with E-state index in [1.807, 2.05) is 41.5 Å². The van der Waals surface area contributed by atoms with Crippen LogP contribution in [0.15, 0.2) is 0 Å². The Morgan fingerprint density at radius 3 is 2.41 bits per heavy atom. The van der Waals surface area contributed by atoms with Gasteiger partial charge < -0.3 is 24.2 Å². The second-order valence-corrected chi connectivity index (χ2v) is 9.22. The van der Waals surface area contributed by atoms with Crippen molar-refractivity contribution >= 4 is 29.4 Å². The maximum absolute atomic E-state index is 12.3. The van der Waals surface area contributed by atoms with E-state index >= 15 is 0 Å². The first-order valence-corrected chi connectivity index (χ1v) is 10.1. The van der Waals surface area contributed by atoms with E-state index in [1.54, 1.807) is 4.90 Å². The average molecular weight is 400 g/mol. The summed E-state index contributed by atoms with van der Waals surface area (Å²) in [4.78, 5) is 30.5. The number of carbonyl (C=O) groups excluding carboxylic acids is 2. The molecule has 1 unspecified atom stereocenters. The van der Waals surface area contributed by atoms with E-state index in [0.29, 0.717) is 39.2 Å². The number of hydrogen-bond donors (Lipinski definition) is 0. The predicted molar refractivity (Wildman–Crippen MR) is 108 cm³/mol. The van der Waals surface area contributed by atoms with Crippen LogP contribution in [0.1, 0.15) is 48.0 Å². The van der Waals surface area contributed by atoms with E-state index in [-0.39, 0.29) is 18.1 Å². The molecule has 1 amide bonds. The predicted octanol–water partition coefficient (Wildman–Crippen LogP) is 2.49. The van der Waals surface area contributed by atoms with Gasteiger partial charge in [0.05, 0.1) is 18.1 Å². The molecule has 1 atom stereocenters. The zero-order valence-electron chi connectivity index (χ0n) is 17.4. The van der Waals surface area contributed by atoms with E-state index in [9.17, 15) is 9.59 Å². The van der Waals surface area contributed by atoms with Crippen molar-refractivity contribution in [3.05, 3.63) is 0 Å². The first-order valence-electron chi connectivity index (χ1n) is 9.65. The molecule has 2 heterocycles.